The Morgan fingerprint density at radius 1 is 1.21 bits per heavy atom. The summed E-state index contributed by atoms with van der Waals surface area (Å²) in [7, 11) is 0. The molecule has 0 saturated carbocycles. The molecule has 1 aliphatic heterocycles. The van der Waals surface area contributed by atoms with Gasteiger partial charge in [-0.15, -0.1) is 0 Å². The molecule has 0 bridgehead atoms. The third-order valence-electron chi connectivity index (χ3n) is 4.88. The smallest absolute Gasteiger partial charge is 0.329 e. The third kappa shape index (κ3) is 3.40. The SMILES string of the molecule is Cc1noc(C)c1Cn1cc(N2C(=O)N[C@@H](Cc3ccc(O)c(O)c3)C2=O)cn1. The second kappa shape index (κ2) is 6.97. The van der Waals surface area contributed by atoms with E-state index in [9.17, 15) is 19.8 Å². The van der Waals surface area contributed by atoms with Crippen LogP contribution in [0.4, 0.5) is 10.5 Å². The van der Waals surface area contributed by atoms with Gasteiger partial charge in [0.05, 0.1) is 24.1 Å². The Balaban J connectivity index is 1.50. The maximum absolute atomic E-state index is 12.8. The molecule has 10 nitrogen and oxygen atoms in total. The molecule has 0 aliphatic carbocycles. The molecular formula is C19H19N5O5. The van der Waals surface area contributed by atoms with Crippen LogP contribution in [0.1, 0.15) is 22.6 Å². The lowest BCUT2D eigenvalue weighted by atomic mass is 10.1. The van der Waals surface area contributed by atoms with Crippen LogP contribution in [0.5, 0.6) is 11.5 Å². The molecule has 1 saturated heterocycles. The third-order valence-corrected chi connectivity index (χ3v) is 4.88. The van der Waals surface area contributed by atoms with Crippen LogP contribution in [0.3, 0.4) is 0 Å². The molecule has 3 N–H and O–H groups in total. The fourth-order valence-corrected chi connectivity index (χ4v) is 3.29. The zero-order valence-electron chi connectivity index (χ0n) is 15.8. The van der Waals surface area contributed by atoms with Gasteiger partial charge in [-0.25, -0.2) is 9.69 Å². The molecule has 10 heteroatoms. The second-order valence-corrected chi connectivity index (χ2v) is 6.90. The van der Waals surface area contributed by atoms with Gasteiger partial charge in [0.25, 0.3) is 5.91 Å². The number of carbonyl (C=O) groups is 2. The van der Waals surface area contributed by atoms with Crippen LogP contribution in [-0.4, -0.2) is 43.1 Å². The van der Waals surface area contributed by atoms with Crippen LogP contribution < -0.4 is 10.2 Å². The summed E-state index contributed by atoms with van der Waals surface area (Å²) in [5.74, 6) is -0.259. The summed E-state index contributed by atoms with van der Waals surface area (Å²) < 4.78 is 6.75. The number of imide groups is 1. The minimum Gasteiger partial charge on any atom is -0.504 e. The van der Waals surface area contributed by atoms with Crippen molar-refractivity contribution in [3.05, 3.63) is 53.2 Å². The van der Waals surface area contributed by atoms with E-state index in [0.717, 1.165) is 16.2 Å². The number of hydrogen-bond acceptors (Lipinski definition) is 7. The summed E-state index contributed by atoms with van der Waals surface area (Å²) in [5.41, 5.74) is 2.61. The minimum absolute atomic E-state index is 0.183. The maximum atomic E-state index is 12.8. The van der Waals surface area contributed by atoms with Gasteiger partial charge >= 0.3 is 6.03 Å². The molecule has 4 rings (SSSR count). The molecule has 1 fully saturated rings. The molecule has 150 valence electrons. The predicted molar refractivity (Wildman–Crippen MR) is 101 cm³/mol. The van der Waals surface area contributed by atoms with E-state index in [-0.39, 0.29) is 17.9 Å². The van der Waals surface area contributed by atoms with Crippen molar-refractivity contribution in [2.75, 3.05) is 4.90 Å². The lowest BCUT2D eigenvalue weighted by molar-refractivity contribution is -0.118. The summed E-state index contributed by atoms with van der Waals surface area (Å²) >= 11 is 0. The van der Waals surface area contributed by atoms with Crippen LogP contribution in [0.2, 0.25) is 0 Å². The van der Waals surface area contributed by atoms with Gasteiger partial charge < -0.3 is 20.1 Å². The number of amides is 3. The highest BCUT2D eigenvalue weighted by Crippen LogP contribution is 2.27. The first-order chi connectivity index (χ1) is 13.8. The summed E-state index contributed by atoms with van der Waals surface area (Å²) in [4.78, 5) is 26.2. The Morgan fingerprint density at radius 2 is 2.00 bits per heavy atom. The van der Waals surface area contributed by atoms with Gasteiger partial charge in [-0.3, -0.25) is 9.48 Å². The minimum atomic E-state index is -0.780. The van der Waals surface area contributed by atoms with Crippen molar-refractivity contribution < 1.29 is 24.3 Å². The summed E-state index contributed by atoms with van der Waals surface area (Å²) in [6.45, 7) is 4.04. The average molecular weight is 397 g/mol. The standard InChI is InChI=1S/C19H19N5O5/c1-10-14(11(2)29-22-10)9-23-8-13(7-20-23)24-18(27)15(21-19(24)28)5-12-3-4-16(25)17(26)6-12/h3-4,6-8,15,25-26H,5,9H2,1-2H3,(H,21,28)/t15-/m0/s1. The van der Waals surface area contributed by atoms with Crippen molar-refractivity contribution in [2.24, 2.45) is 0 Å². The van der Waals surface area contributed by atoms with Crippen molar-refractivity contribution in [2.45, 2.75) is 32.9 Å². The van der Waals surface area contributed by atoms with Gasteiger partial charge in [0.2, 0.25) is 0 Å². The number of aromatic hydroxyl groups is 2. The number of aryl methyl sites for hydroxylation is 2. The van der Waals surface area contributed by atoms with Gasteiger partial charge in [0.15, 0.2) is 11.5 Å². The van der Waals surface area contributed by atoms with E-state index < -0.39 is 18.0 Å². The molecule has 2 aromatic heterocycles. The van der Waals surface area contributed by atoms with E-state index in [1.165, 1.54) is 18.3 Å². The van der Waals surface area contributed by atoms with E-state index in [0.29, 0.717) is 23.6 Å². The molecule has 3 heterocycles. The number of nitrogens with one attached hydrogen (secondary N) is 1. The molecular weight excluding hydrogens is 378 g/mol. The number of phenols is 2. The Kier molecular flexibility index (Phi) is 4.45. The van der Waals surface area contributed by atoms with Crippen LogP contribution in [0.25, 0.3) is 0 Å². The second-order valence-electron chi connectivity index (χ2n) is 6.90. The lowest BCUT2D eigenvalue weighted by Crippen LogP contribution is -2.32. The van der Waals surface area contributed by atoms with Crippen LogP contribution >= 0.6 is 0 Å². The van der Waals surface area contributed by atoms with E-state index in [4.69, 9.17) is 4.52 Å². The van der Waals surface area contributed by atoms with Crippen LogP contribution in [0.15, 0.2) is 35.1 Å². The first-order valence-electron chi connectivity index (χ1n) is 8.93. The Hall–Kier alpha value is -3.82. The van der Waals surface area contributed by atoms with Crippen LogP contribution in [-0.2, 0) is 17.8 Å². The molecule has 3 aromatic rings. The number of anilines is 1. The van der Waals surface area contributed by atoms with Crippen molar-refractivity contribution >= 4 is 17.6 Å². The molecule has 0 spiro atoms. The Morgan fingerprint density at radius 3 is 2.69 bits per heavy atom. The quantitative estimate of drug-likeness (QED) is 0.440. The summed E-state index contributed by atoms with van der Waals surface area (Å²) in [5, 5.41) is 29.8. The molecule has 29 heavy (non-hydrogen) atoms. The van der Waals surface area contributed by atoms with E-state index in [1.54, 1.807) is 16.9 Å². The summed E-state index contributed by atoms with van der Waals surface area (Å²) in [6, 6.07) is 2.96. The average Bonchev–Trinajstić information content (AvgIpc) is 3.33. The van der Waals surface area contributed by atoms with E-state index in [1.807, 2.05) is 13.8 Å². The highest BCUT2D eigenvalue weighted by atomic mass is 16.5. The van der Waals surface area contributed by atoms with Crippen molar-refractivity contribution in [3.8, 4) is 11.5 Å². The molecule has 0 radical (unpaired) electrons. The fourth-order valence-electron chi connectivity index (χ4n) is 3.29. The van der Waals surface area contributed by atoms with E-state index in [2.05, 4.69) is 15.6 Å². The maximum Gasteiger partial charge on any atom is 0.329 e. The number of aromatic nitrogens is 3. The zero-order valence-corrected chi connectivity index (χ0v) is 15.8. The predicted octanol–water partition coefficient (Wildman–Crippen LogP) is 1.61. The van der Waals surface area contributed by atoms with Gasteiger partial charge in [-0.2, -0.15) is 5.10 Å². The topological polar surface area (TPSA) is 134 Å². The fraction of sp³-hybridized carbons (Fsp3) is 0.263. The van der Waals surface area contributed by atoms with E-state index >= 15 is 0 Å². The molecule has 1 aromatic carbocycles. The number of rotatable bonds is 5. The number of nitrogens with zero attached hydrogens (tertiary/aromatic N) is 4. The largest absolute Gasteiger partial charge is 0.504 e. The lowest BCUT2D eigenvalue weighted by Gasteiger charge is -2.11. The molecule has 1 atom stereocenters. The zero-order chi connectivity index (χ0) is 20.7. The molecule has 3 amide bonds. The van der Waals surface area contributed by atoms with Gasteiger partial charge in [0.1, 0.15) is 11.8 Å². The van der Waals surface area contributed by atoms with Gasteiger partial charge in [-0.05, 0) is 31.5 Å². The highest BCUT2D eigenvalue weighted by Gasteiger charge is 2.39. The number of carbonyl (C=O) groups excluding carboxylic acids is 2. The Labute approximate surface area is 165 Å². The van der Waals surface area contributed by atoms with Crippen molar-refractivity contribution in [1.82, 2.24) is 20.3 Å². The Bertz CT molecular complexity index is 1080. The van der Waals surface area contributed by atoms with Gasteiger partial charge in [0, 0.05) is 18.2 Å². The number of phenolic OH excluding ortho intramolecular Hbond substituents is 2. The highest BCUT2D eigenvalue weighted by molar-refractivity contribution is 6.21. The van der Waals surface area contributed by atoms with Crippen molar-refractivity contribution in [1.29, 1.82) is 0 Å². The first kappa shape index (κ1) is 18.5. The molecule has 0 unspecified atom stereocenters. The monoisotopic (exact) mass is 397 g/mol. The number of hydrogen-bond donors (Lipinski definition) is 3. The van der Waals surface area contributed by atoms with Crippen LogP contribution in [0, 0.1) is 13.8 Å². The normalized spacial score (nSPS) is 16.5. The summed E-state index contributed by atoms with van der Waals surface area (Å²) in [6.07, 6.45) is 3.24. The number of benzene rings is 1. The first-order valence-corrected chi connectivity index (χ1v) is 8.93. The van der Waals surface area contributed by atoms with Gasteiger partial charge in [-0.1, -0.05) is 11.2 Å². The van der Waals surface area contributed by atoms with Crippen molar-refractivity contribution in [3.63, 3.8) is 0 Å². The number of urea groups is 1. The molecule has 1 aliphatic rings.